The number of rotatable bonds is 11. The Labute approximate surface area is 315 Å². The molecular formula is C44H46N4O6. The van der Waals surface area contributed by atoms with Gasteiger partial charge in [0.1, 0.15) is 17.5 Å². The average molecular weight is 727 g/mol. The minimum Gasteiger partial charge on any atom is -0.508 e. The van der Waals surface area contributed by atoms with Crippen molar-refractivity contribution in [2.45, 2.75) is 62.8 Å². The SMILES string of the molecule is O=C1CCC(N2C(=O)c3ccc(N4CCN(CCCCCOc5ccc(C6c7ccc(O)cc7CCC6c6ccccc6)cc5)CC4)cc3C2=O)C(=O)N1. The fraction of sp³-hybridized carbons (Fsp3) is 0.364. The lowest BCUT2D eigenvalue weighted by Crippen LogP contribution is -2.54. The van der Waals surface area contributed by atoms with E-state index in [-0.39, 0.29) is 24.7 Å². The number of piperidine rings is 1. The zero-order valence-electron chi connectivity index (χ0n) is 30.4. The Morgan fingerprint density at radius 2 is 1.50 bits per heavy atom. The largest absolute Gasteiger partial charge is 0.508 e. The van der Waals surface area contributed by atoms with E-state index < -0.39 is 23.8 Å². The number of phenolic OH excluding ortho intramolecular Hbond substituents is 1. The van der Waals surface area contributed by atoms with Gasteiger partial charge < -0.3 is 14.7 Å². The molecule has 278 valence electrons. The Morgan fingerprint density at radius 3 is 2.28 bits per heavy atom. The van der Waals surface area contributed by atoms with Crippen LogP contribution in [0.15, 0.2) is 91.0 Å². The van der Waals surface area contributed by atoms with Crippen molar-refractivity contribution in [3.8, 4) is 11.5 Å². The summed E-state index contributed by atoms with van der Waals surface area (Å²) in [5.74, 6) is -0.145. The second-order valence-electron chi connectivity index (χ2n) is 14.9. The molecule has 3 atom stereocenters. The lowest BCUT2D eigenvalue weighted by molar-refractivity contribution is -0.136. The van der Waals surface area contributed by atoms with Gasteiger partial charge in [-0.3, -0.25) is 34.3 Å². The van der Waals surface area contributed by atoms with Gasteiger partial charge in [0.2, 0.25) is 11.8 Å². The maximum atomic E-state index is 13.3. The maximum absolute atomic E-state index is 13.3. The number of carbonyl (C=O) groups is 4. The van der Waals surface area contributed by atoms with Gasteiger partial charge in [-0.15, -0.1) is 0 Å². The smallest absolute Gasteiger partial charge is 0.262 e. The number of hydrogen-bond donors (Lipinski definition) is 2. The van der Waals surface area contributed by atoms with Gasteiger partial charge in [-0.25, -0.2) is 0 Å². The molecule has 2 N–H and O–H groups in total. The molecule has 0 radical (unpaired) electrons. The third-order valence-electron chi connectivity index (χ3n) is 11.6. The van der Waals surface area contributed by atoms with Gasteiger partial charge in [0.05, 0.1) is 17.7 Å². The number of aromatic hydroxyl groups is 1. The predicted octanol–water partition coefficient (Wildman–Crippen LogP) is 6.03. The van der Waals surface area contributed by atoms with Crippen LogP contribution in [0.4, 0.5) is 5.69 Å². The molecule has 4 aliphatic rings. The van der Waals surface area contributed by atoms with Gasteiger partial charge in [-0.1, -0.05) is 48.5 Å². The first-order valence-electron chi connectivity index (χ1n) is 19.3. The fourth-order valence-corrected chi connectivity index (χ4v) is 8.74. The van der Waals surface area contributed by atoms with Crippen LogP contribution >= 0.6 is 0 Å². The maximum Gasteiger partial charge on any atom is 0.262 e. The monoisotopic (exact) mass is 726 g/mol. The Kier molecular flexibility index (Phi) is 10.2. The number of phenols is 1. The van der Waals surface area contributed by atoms with E-state index in [0.717, 1.165) is 81.2 Å². The van der Waals surface area contributed by atoms with Gasteiger partial charge >= 0.3 is 0 Å². The van der Waals surface area contributed by atoms with Gasteiger partial charge in [-0.2, -0.15) is 0 Å². The number of fused-ring (bicyclic) bond motifs is 2. The van der Waals surface area contributed by atoms with Crippen molar-refractivity contribution >= 4 is 29.3 Å². The highest BCUT2D eigenvalue weighted by molar-refractivity contribution is 6.23. The molecule has 0 aromatic heterocycles. The van der Waals surface area contributed by atoms with Crippen LogP contribution in [-0.2, 0) is 16.0 Å². The first kappa shape index (κ1) is 35.5. The van der Waals surface area contributed by atoms with Gasteiger partial charge in [-0.05, 0) is 116 Å². The molecule has 0 spiro atoms. The molecule has 3 unspecified atom stereocenters. The molecule has 4 aromatic carbocycles. The van der Waals surface area contributed by atoms with Crippen molar-refractivity contribution in [3.63, 3.8) is 0 Å². The molecule has 0 bridgehead atoms. The molecule has 2 saturated heterocycles. The van der Waals surface area contributed by atoms with Crippen LogP contribution in [0.25, 0.3) is 0 Å². The van der Waals surface area contributed by atoms with Crippen molar-refractivity contribution < 1.29 is 29.0 Å². The fourth-order valence-electron chi connectivity index (χ4n) is 8.74. The standard InChI is InChI=1S/C44H46N4O6/c49-33-13-18-36-31(27-33)11-16-35(29-7-3-1-4-8-29)41(36)30-9-14-34(15-10-30)54-26-6-2-5-21-46-22-24-47(25-23-46)32-12-17-37-38(28-32)44(53)48(43(37)52)39-19-20-40(50)45-42(39)51/h1,3-4,7-10,12-15,17-18,27-28,35,39,41,49H,2,5-6,11,16,19-26H2,(H,45,50,51). The summed E-state index contributed by atoms with van der Waals surface area (Å²) in [4.78, 5) is 56.0. The van der Waals surface area contributed by atoms with E-state index in [4.69, 9.17) is 4.74 Å². The summed E-state index contributed by atoms with van der Waals surface area (Å²) in [6.45, 7) is 5.14. The zero-order chi connectivity index (χ0) is 37.2. The highest BCUT2D eigenvalue weighted by atomic mass is 16.5. The summed E-state index contributed by atoms with van der Waals surface area (Å²) >= 11 is 0. The summed E-state index contributed by atoms with van der Waals surface area (Å²) < 4.78 is 6.16. The van der Waals surface area contributed by atoms with E-state index in [9.17, 15) is 24.3 Å². The molecule has 1 aliphatic carbocycles. The summed E-state index contributed by atoms with van der Waals surface area (Å²) in [6.07, 6.45) is 5.38. The number of nitrogens with zero attached hydrogens (tertiary/aromatic N) is 3. The van der Waals surface area contributed by atoms with Crippen LogP contribution in [-0.4, -0.2) is 83.9 Å². The lowest BCUT2D eigenvalue weighted by Gasteiger charge is -2.36. The van der Waals surface area contributed by atoms with Crippen molar-refractivity contribution in [1.82, 2.24) is 15.1 Å². The summed E-state index contributed by atoms with van der Waals surface area (Å²) in [6, 6.07) is 29.5. The average Bonchev–Trinajstić information content (AvgIpc) is 3.44. The van der Waals surface area contributed by atoms with Gasteiger partial charge in [0.25, 0.3) is 11.8 Å². The second kappa shape index (κ2) is 15.5. The number of nitrogens with one attached hydrogen (secondary N) is 1. The predicted molar refractivity (Wildman–Crippen MR) is 205 cm³/mol. The van der Waals surface area contributed by atoms with E-state index >= 15 is 0 Å². The van der Waals surface area contributed by atoms with Crippen molar-refractivity contribution in [1.29, 1.82) is 0 Å². The molecule has 3 heterocycles. The molecule has 8 rings (SSSR count). The summed E-state index contributed by atoms with van der Waals surface area (Å²) in [5, 5.41) is 12.4. The van der Waals surface area contributed by atoms with Gasteiger partial charge in [0.15, 0.2) is 0 Å². The van der Waals surface area contributed by atoms with E-state index in [1.807, 2.05) is 18.2 Å². The number of amides is 4. The number of aryl methyl sites for hydroxylation is 1. The highest BCUT2D eigenvalue weighted by Crippen LogP contribution is 2.47. The van der Waals surface area contributed by atoms with E-state index in [1.54, 1.807) is 12.1 Å². The third kappa shape index (κ3) is 7.22. The highest BCUT2D eigenvalue weighted by Gasteiger charge is 2.45. The topological polar surface area (TPSA) is 119 Å². The molecule has 4 aromatic rings. The van der Waals surface area contributed by atoms with E-state index in [2.05, 4.69) is 75.8 Å². The minimum atomic E-state index is -0.961. The number of anilines is 1. The van der Waals surface area contributed by atoms with Crippen LogP contribution in [0.3, 0.4) is 0 Å². The molecule has 3 aliphatic heterocycles. The second-order valence-corrected chi connectivity index (χ2v) is 14.9. The van der Waals surface area contributed by atoms with Crippen LogP contribution in [0.5, 0.6) is 11.5 Å². The first-order chi connectivity index (χ1) is 26.3. The van der Waals surface area contributed by atoms with Crippen molar-refractivity contribution in [2.75, 3.05) is 44.2 Å². The number of unbranched alkanes of at least 4 members (excludes halogenated alkanes) is 2. The van der Waals surface area contributed by atoms with E-state index in [0.29, 0.717) is 29.4 Å². The number of imide groups is 2. The Bertz CT molecular complexity index is 2040. The molecule has 4 amide bonds. The van der Waals surface area contributed by atoms with Crippen LogP contribution in [0.2, 0.25) is 0 Å². The Balaban J connectivity index is 0.783. The molecular weight excluding hydrogens is 681 g/mol. The molecule has 10 heteroatoms. The number of hydrogen-bond acceptors (Lipinski definition) is 8. The quantitative estimate of drug-likeness (QED) is 0.142. The van der Waals surface area contributed by atoms with Crippen LogP contribution in [0.1, 0.15) is 93.3 Å². The minimum absolute atomic E-state index is 0.101. The molecule has 2 fully saturated rings. The van der Waals surface area contributed by atoms with Crippen molar-refractivity contribution in [2.24, 2.45) is 0 Å². The molecule has 54 heavy (non-hydrogen) atoms. The number of carbonyl (C=O) groups excluding carboxylic acids is 4. The normalized spacial score (nSPS) is 21.5. The van der Waals surface area contributed by atoms with Gasteiger partial charge in [0, 0.05) is 44.2 Å². The number of ether oxygens (including phenoxy) is 1. The lowest BCUT2D eigenvalue weighted by atomic mass is 9.69. The third-order valence-corrected chi connectivity index (χ3v) is 11.6. The Hall–Kier alpha value is -5.48. The molecule has 0 saturated carbocycles. The first-order valence-corrected chi connectivity index (χ1v) is 19.3. The van der Waals surface area contributed by atoms with Crippen molar-refractivity contribution in [3.05, 3.63) is 124 Å². The van der Waals surface area contributed by atoms with E-state index in [1.165, 1.54) is 22.3 Å². The molecule has 10 nitrogen and oxygen atoms in total. The van der Waals surface area contributed by atoms with Crippen LogP contribution in [0, 0.1) is 0 Å². The zero-order valence-corrected chi connectivity index (χ0v) is 30.4. The summed E-state index contributed by atoms with van der Waals surface area (Å²) in [7, 11) is 0. The number of benzene rings is 4. The summed E-state index contributed by atoms with van der Waals surface area (Å²) in [5.41, 5.74) is 6.64. The number of piperazine rings is 1. The Morgan fingerprint density at radius 1 is 0.722 bits per heavy atom. The van der Waals surface area contributed by atoms with Crippen LogP contribution < -0.4 is 15.0 Å².